The molecular weight excluding hydrogens is 348 g/mol. The molecule has 4 nitrogen and oxygen atoms in total. The van der Waals surface area contributed by atoms with E-state index in [1.165, 1.54) is 24.3 Å². The summed E-state index contributed by atoms with van der Waals surface area (Å²) in [4.78, 5) is 2.32. The SMILES string of the molecule is O/N=C1\CCNC[C@]12CCN(C(c1ccc(F)cc1)c1ccc(F)cc1)C2. The molecule has 2 fully saturated rings. The molecule has 2 heterocycles. The number of hydrogen-bond donors (Lipinski definition) is 2. The van der Waals surface area contributed by atoms with Gasteiger partial charge < -0.3 is 10.5 Å². The van der Waals surface area contributed by atoms with Crippen LogP contribution in [0.5, 0.6) is 0 Å². The second-order valence-electron chi connectivity index (χ2n) is 7.48. The summed E-state index contributed by atoms with van der Waals surface area (Å²) in [6, 6.07) is 12.9. The van der Waals surface area contributed by atoms with Gasteiger partial charge in [0.15, 0.2) is 0 Å². The van der Waals surface area contributed by atoms with Crippen LogP contribution in [-0.4, -0.2) is 42.0 Å². The standard InChI is InChI=1S/C21H23F2N3O/c22-17-5-1-15(2-6-17)20(16-3-7-18(23)8-4-16)26-12-10-21(14-26)13-24-11-9-19(21)25-27/h1-8,20,24,27H,9-14H2/b25-19+/t21-/m0/s1. The summed E-state index contributed by atoms with van der Waals surface area (Å²) in [5, 5.41) is 16.5. The maximum absolute atomic E-state index is 13.5. The van der Waals surface area contributed by atoms with Crippen molar-refractivity contribution in [2.24, 2.45) is 10.6 Å². The largest absolute Gasteiger partial charge is 0.411 e. The number of likely N-dealkylation sites (tertiary alicyclic amines) is 1. The molecule has 2 aliphatic heterocycles. The third-order valence-corrected chi connectivity index (χ3v) is 5.85. The number of halogens is 2. The third kappa shape index (κ3) is 3.47. The predicted octanol–water partition coefficient (Wildman–Crippen LogP) is 3.57. The minimum Gasteiger partial charge on any atom is -0.411 e. The van der Waals surface area contributed by atoms with E-state index < -0.39 is 0 Å². The molecule has 4 rings (SSSR count). The zero-order valence-electron chi connectivity index (χ0n) is 15.0. The van der Waals surface area contributed by atoms with Crippen LogP contribution in [0.2, 0.25) is 0 Å². The number of hydrogen-bond acceptors (Lipinski definition) is 4. The van der Waals surface area contributed by atoms with E-state index in [2.05, 4.69) is 15.4 Å². The molecule has 27 heavy (non-hydrogen) atoms. The van der Waals surface area contributed by atoms with E-state index in [1.807, 2.05) is 0 Å². The van der Waals surface area contributed by atoms with Gasteiger partial charge in [-0.1, -0.05) is 29.4 Å². The van der Waals surface area contributed by atoms with Crippen molar-refractivity contribution in [3.05, 3.63) is 71.3 Å². The van der Waals surface area contributed by atoms with Crippen molar-refractivity contribution in [3.8, 4) is 0 Å². The zero-order valence-corrected chi connectivity index (χ0v) is 15.0. The summed E-state index contributed by atoms with van der Waals surface area (Å²) in [5.74, 6) is -0.554. The van der Waals surface area contributed by atoms with Gasteiger partial charge in [-0.15, -0.1) is 0 Å². The molecule has 1 spiro atoms. The topological polar surface area (TPSA) is 47.9 Å². The maximum Gasteiger partial charge on any atom is 0.123 e. The smallest absolute Gasteiger partial charge is 0.123 e. The Morgan fingerprint density at radius 1 is 1.00 bits per heavy atom. The maximum atomic E-state index is 13.5. The molecular formula is C21H23F2N3O. The number of piperidine rings is 1. The Bertz CT molecular complexity index is 777. The highest BCUT2D eigenvalue weighted by Crippen LogP contribution is 2.41. The molecule has 2 aliphatic rings. The molecule has 2 N–H and O–H groups in total. The van der Waals surface area contributed by atoms with Crippen molar-refractivity contribution >= 4 is 5.71 Å². The second-order valence-corrected chi connectivity index (χ2v) is 7.48. The number of nitrogens with zero attached hydrogens (tertiary/aromatic N) is 2. The highest BCUT2D eigenvalue weighted by molar-refractivity contribution is 5.91. The van der Waals surface area contributed by atoms with Crippen LogP contribution in [0.15, 0.2) is 53.7 Å². The summed E-state index contributed by atoms with van der Waals surface area (Å²) in [5.41, 5.74) is 2.59. The van der Waals surface area contributed by atoms with E-state index >= 15 is 0 Å². The van der Waals surface area contributed by atoms with Crippen molar-refractivity contribution in [1.29, 1.82) is 0 Å². The van der Waals surface area contributed by atoms with Crippen molar-refractivity contribution in [3.63, 3.8) is 0 Å². The minimum absolute atomic E-state index is 0.104. The second kappa shape index (κ2) is 7.37. The molecule has 2 saturated heterocycles. The van der Waals surface area contributed by atoms with E-state index in [0.717, 1.165) is 55.9 Å². The molecule has 0 saturated carbocycles. The number of nitrogens with one attached hydrogen (secondary N) is 1. The van der Waals surface area contributed by atoms with E-state index in [9.17, 15) is 14.0 Å². The van der Waals surface area contributed by atoms with E-state index in [1.54, 1.807) is 24.3 Å². The van der Waals surface area contributed by atoms with Crippen LogP contribution < -0.4 is 5.32 Å². The molecule has 2 aromatic carbocycles. The van der Waals surface area contributed by atoms with E-state index in [4.69, 9.17) is 0 Å². The van der Waals surface area contributed by atoms with Gasteiger partial charge >= 0.3 is 0 Å². The first-order valence-electron chi connectivity index (χ1n) is 9.28. The van der Waals surface area contributed by atoms with Crippen molar-refractivity contribution in [1.82, 2.24) is 10.2 Å². The summed E-state index contributed by atoms with van der Waals surface area (Å²) in [6.07, 6.45) is 1.63. The monoisotopic (exact) mass is 371 g/mol. The lowest BCUT2D eigenvalue weighted by Crippen LogP contribution is -2.49. The van der Waals surface area contributed by atoms with E-state index in [0.29, 0.717) is 0 Å². The van der Waals surface area contributed by atoms with Crippen LogP contribution in [-0.2, 0) is 0 Å². The van der Waals surface area contributed by atoms with Gasteiger partial charge in [-0.05, 0) is 41.8 Å². The lowest BCUT2D eigenvalue weighted by molar-refractivity contribution is 0.242. The Labute approximate surface area is 157 Å². The molecule has 0 unspecified atom stereocenters. The molecule has 142 valence electrons. The third-order valence-electron chi connectivity index (χ3n) is 5.85. The predicted molar refractivity (Wildman–Crippen MR) is 100.0 cm³/mol. The molecule has 6 heteroatoms. The number of oxime groups is 1. The lowest BCUT2D eigenvalue weighted by atomic mass is 9.78. The van der Waals surface area contributed by atoms with Crippen LogP contribution in [0, 0.1) is 17.0 Å². The average molecular weight is 371 g/mol. The fourth-order valence-corrected chi connectivity index (χ4v) is 4.47. The molecule has 0 aliphatic carbocycles. The molecule has 0 radical (unpaired) electrons. The van der Waals surface area contributed by atoms with Gasteiger partial charge in [0, 0.05) is 38.0 Å². The van der Waals surface area contributed by atoms with Crippen LogP contribution in [0.3, 0.4) is 0 Å². The Balaban J connectivity index is 1.69. The number of rotatable bonds is 3. The quantitative estimate of drug-likeness (QED) is 0.641. The molecule has 0 amide bonds. The first-order valence-corrected chi connectivity index (χ1v) is 9.28. The summed E-state index contributed by atoms with van der Waals surface area (Å²) >= 11 is 0. The first-order chi connectivity index (χ1) is 13.1. The van der Waals surface area contributed by atoms with Crippen LogP contribution in [0.1, 0.15) is 30.0 Å². The van der Waals surface area contributed by atoms with Gasteiger partial charge in [0.05, 0.1) is 11.8 Å². The van der Waals surface area contributed by atoms with Gasteiger partial charge in [0.25, 0.3) is 0 Å². The molecule has 0 aromatic heterocycles. The van der Waals surface area contributed by atoms with Gasteiger partial charge in [0.2, 0.25) is 0 Å². The Kier molecular flexibility index (Phi) is 4.93. The van der Waals surface area contributed by atoms with Gasteiger partial charge in [-0.2, -0.15) is 0 Å². The van der Waals surface area contributed by atoms with Gasteiger partial charge in [-0.3, -0.25) is 4.90 Å². The molecule has 0 bridgehead atoms. The summed E-state index contributed by atoms with van der Waals surface area (Å²) < 4.78 is 26.9. The Morgan fingerprint density at radius 2 is 1.59 bits per heavy atom. The Hall–Kier alpha value is -2.31. The Morgan fingerprint density at radius 3 is 2.15 bits per heavy atom. The van der Waals surface area contributed by atoms with Crippen molar-refractivity contribution in [2.75, 3.05) is 26.2 Å². The van der Waals surface area contributed by atoms with Gasteiger partial charge in [-0.25, -0.2) is 8.78 Å². The summed E-state index contributed by atoms with van der Waals surface area (Å²) in [6.45, 7) is 3.15. The van der Waals surface area contributed by atoms with Crippen molar-refractivity contribution in [2.45, 2.75) is 18.9 Å². The summed E-state index contributed by atoms with van der Waals surface area (Å²) in [7, 11) is 0. The molecule has 1 atom stereocenters. The number of benzene rings is 2. The van der Waals surface area contributed by atoms with Crippen LogP contribution in [0.25, 0.3) is 0 Å². The zero-order chi connectivity index (χ0) is 18.9. The highest BCUT2D eigenvalue weighted by Gasteiger charge is 2.46. The highest BCUT2D eigenvalue weighted by atomic mass is 19.1. The minimum atomic E-state index is -0.277. The van der Waals surface area contributed by atoms with Crippen LogP contribution in [0.4, 0.5) is 8.78 Å². The fourth-order valence-electron chi connectivity index (χ4n) is 4.47. The van der Waals surface area contributed by atoms with Gasteiger partial charge in [0.1, 0.15) is 11.6 Å². The fraction of sp³-hybridized carbons (Fsp3) is 0.381. The first kappa shape index (κ1) is 18.1. The lowest BCUT2D eigenvalue weighted by Gasteiger charge is -2.36. The van der Waals surface area contributed by atoms with E-state index in [-0.39, 0.29) is 23.1 Å². The van der Waals surface area contributed by atoms with Crippen LogP contribution >= 0.6 is 0 Å². The molecule has 2 aromatic rings. The van der Waals surface area contributed by atoms with Crippen molar-refractivity contribution < 1.29 is 14.0 Å². The normalized spacial score (nSPS) is 24.9. The average Bonchev–Trinajstić information content (AvgIpc) is 3.09.